The molecule has 3 rings (SSSR count). The number of hydrogen-bond donors (Lipinski definition) is 2. The van der Waals surface area contributed by atoms with E-state index in [4.69, 9.17) is 9.98 Å². The van der Waals surface area contributed by atoms with E-state index in [0.29, 0.717) is 11.8 Å². The molecule has 1 aliphatic carbocycles. The molecular formula is C24H40N6S2. The lowest BCUT2D eigenvalue weighted by atomic mass is 10.1. The van der Waals surface area contributed by atoms with Gasteiger partial charge in [-0.1, -0.05) is 26.8 Å². The van der Waals surface area contributed by atoms with Gasteiger partial charge in [0.1, 0.15) is 10.7 Å². The summed E-state index contributed by atoms with van der Waals surface area (Å²) in [7, 11) is 0. The summed E-state index contributed by atoms with van der Waals surface area (Å²) in [6, 6.07) is 0. The van der Waals surface area contributed by atoms with E-state index in [1.165, 1.54) is 55.4 Å². The monoisotopic (exact) mass is 476 g/mol. The molecule has 1 aromatic heterocycles. The van der Waals surface area contributed by atoms with Gasteiger partial charge in [0.2, 0.25) is 0 Å². The number of thiazole rings is 1. The molecule has 1 saturated carbocycles. The second-order valence-corrected chi connectivity index (χ2v) is 8.59. The zero-order valence-corrected chi connectivity index (χ0v) is 21.8. The first-order valence-corrected chi connectivity index (χ1v) is 13.5. The average molecular weight is 477 g/mol. The van der Waals surface area contributed by atoms with Crippen molar-refractivity contribution in [3.63, 3.8) is 0 Å². The van der Waals surface area contributed by atoms with Gasteiger partial charge in [0.05, 0.1) is 11.6 Å². The standard InChI is InChI=1S/C18H24N4S2.C4H10N2.C2H6/c1-5-7-14(17(21-6-2)13-8-9-13)18-22-16(11-24-18)15(20-4)10-23-12-19-3;1-2-5-4-6-3-1;1-2/h7,10-11,13H,3-6,8-9,12H2,1-2H3;5-6H,1-4H2;1-2H3/b14-7+,15-10-,21-17?;;. The van der Waals surface area contributed by atoms with Gasteiger partial charge < -0.3 is 10.6 Å². The molecule has 178 valence electrons. The minimum atomic E-state index is 0.603. The van der Waals surface area contributed by atoms with Crippen molar-refractivity contribution in [2.24, 2.45) is 20.9 Å². The van der Waals surface area contributed by atoms with Crippen LogP contribution in [0, 0.1) is 5.92 Å². The molecule has 0 radical (unpaired) electrons. The lowest BCUT2D eigenvalue weighted by Crippen LogP contribution is -2.37. The van der Waals surface area contributed by atoms with Crippen molar-refractivity contribution < 1.29 is 0 Å². The number of nitrogens with one attached hydrogen (secondary N) is 2. The van der Waals surface area contributed by atoms with Crippen LogP contribution in [0.1, 0.15) is 64.1 Å². The third kappa shape index (κ3) is 10.3. The molecular weight excluding hydrogens is 436 g/mol. The first-order valence-electron chi connectivity index (χ1n) is 11.6. The van der Waals surface area contributed by atoms with E-state index < -0.39 is 0 Å². The first-order chi connectivity index (χ1) is 15.7. The van der Waals surface area contributed by atoms with Crippen LogP contribution in [0.3, 0.4) is 0 Å². The highest BCUT2D eigenvalue weighted by Gasteiger charge is 2.31. The van der Waals surface area contributed by atoms with Crippen LogP contribution in [0.15, 0.2) is 31.8 Å². The van der Waals surface area contributed by atoms with Crippen LogP contribution in [-0.2, 0) is 0 Å². The molecule has 0 unspecified atom stereocenters. The van der Waals surface area contributed by atoms with Gasteiger partial charge in [0.25, 0.3) is 0 Å². The molecule has 6 nitrogen and oxygen atoms in total. The van der Waals surface area contributed by atoms with E-state index in [1.54, 1.807) is 11.3 Å². The maximum Gasteiger partial charge on any atom is 0.125 e. The van der Waals surface area contributed by atoms with Gasteiger partial charge in [0.15, 0.2) is 0 Å². The number of thioether (sulfide) groups is 1. The molecule has 2 fully saturated rings. The predicted octanol–water partition coefficient (Wildman–Crippen LogP) is 5.75. The highest BCUT2D eigenvalue weighted by atomic mass is 32.2. The smallest absolute Gasteiger partial charge is 0.125 e. The van der Waals surface area contributed by atoms with Crippen LogP contribution in [0.5, 0.6) is 0 Å². The lowest BCUT2D eigenvalue weighted by Gasteiger charge is -2.11. The molecule has 0 amide bonds. The Hall–Kier alpha value is -1.61. The Balaban J connectivity index is 0.000000542. The second-order valence-electron chi connectivity index (χ2n) is 6.91. The van der Waals surface area contributed by atoms with E-state index in [9.17, 15) is 0 Å². The van der Waals surface area contributed by atoms with Crippen LogP contribution in [0.2, 0.25) is 0 Å². The minimum absolute atomic E-state index is 0.603. The maximum atomic E-state index is 4.80. The molecule has 2 aliphatic rings. The number of hydrogen-bond acceptors (Lipinski definition) is 8. The molecule has 2 N–H and O–H groups in total. The van der Waals surface area contributed by atoms with Crippen molar-refractivity contribution in [2.75, 3.05) is 32.2 Å². The largest absolute Gasteiger partial charge is 0.304 e. The summed E-state index contributed by atoms with van der Waals surface area (Å²) < 4.78 is 0. The summed E-state index contributed by atoms with van der Waals surface area (Å²) in [6.07, 6.45) is 6.98. The van der Waals surface area contributed by atoms with Crippen LogP contribution in [-0.4, -0.2) is 56.3 Å². The Morgan fingerprint density at radius 2 is 1.97 bits per heavy atom. The highest BCUT2D eigenvalue weighted by Crippen LogP contribution is 2.37. The van der Waals surface area contributed by atoms with E-state index in [2.05, 4.69) is 54.0 Å². The molecule has 0 spiro atoms. The fourth-order valence-corrected chi connectivity index (χ4v) is 4.33. The molecule has 2 heterocycles. The summed E-state index contributed by atoms with van der Waals surface area (Å²) in [5.41, 5.74) is 4.06. The fourth-order valence-electron chi connectivity index (χ4n) is 2.93. The maximum absolute atomic E-state index is 4.80. The average Bonchev–Trinajstić information content (AvgIpc) is 3.58. The molecule has 8 heteroatoms. The van der Waals surface area contributed by atoms with Crippen molar-refractivity contribution in [1.82, 2.24) is 15.6 Å². The van der Waals surface area contributed by atoms with E-state index in [-0.39, 0.29) is 0 Å². The molecule has 32 heavy (non-hydrogen) atoms. The normalized spacial score (nSPS) is 16.9. The van der Waals surface area contributed by atoms with Gasteiger partial charge in [-0.25, -0.2) is 4.98 Å². The van der Waals surface area contributed by atoms with Gasteiger partial charge in [-0.2, -0.15) is 0 Å². The third-order valence-electron chi connectivity index (χ3n) is 4.46. The van der Waals surface area contributed by atoms with E-state index >= 15 is 0 Å². The number of nitrogens with zero attached hydrogens (tertiary/aromatic N) is 4. The summed E-state index contributed by atoms with van der Waals surface area (Å²) in [4.78, 5) is 17.5. The molecule has 1 aromatic rings. The number of rotatable bonds is 10. The summed E-state index contributed by atoms with van der Waals surface area (Å²) >= 11 is 3.19. The van der Waals surface area contributed by atoms with Gasteiger partial charge in [0, 0.05) is 41.2 Å². The van der Waals surface area contributed by atoms with Gasteiger partial charge >= 0.3 is 0 Å². The van der Waals surface area contributed by atoms with Crippen molar-refractivity contribution in [3.05, 3.63) is 27.6 Å². The van der Waals surface area contributed by atoms with Gasteiger partial charge in [-0.3, -0.25) is 15.0 Å². The van der Waals surface area contributed by atoms with Crippen LogP contribution >= 0.6 is 23.1 Å². The van der Waals surface area contributed by atoms with E-state index in [1.807, 2.05) is 24.6 Å². The Bertz CT molecular complexity index is 747. The van der Waals surface area contributed by atoms with Crippen molar-refractivity contribution in [1.29, 1.82) is 0 Å². The van der Waals surface area contributed by atoms with E-state index in [0.717, 1.165) is 36.0 Å². The van der Waals surface area contributed by atoms with Crippen molar-refractivity contribution >= 4 is 53.5 Å². The molecule has 0 aromatic carbocycles. The Morgan fingerprint density at radius 1 is 1.25 bits per heavy atom. The lowest BCUT2D eigenvalue weighted by molar-refractivity contribution is 0.496. The molecule has 1 aliphatic heterocycles. The van der Waals surface area contributed by atoms with Crippen LogP contribution in [0.4, 0.5) is 0 Å². The number of aliphatic imine (C=N–C) groups is 3. The Morgan fingerprint density at radius 3 is 2.44 bits per heavy atom. The van der Waals surface area contributed by atoms with Gasteiger partial charge in [-0.15, -0.1) is 23.1 Å². The molecule has 1 saturated heterocycles. The highest BCUT2D eigenvalue weighted by molar-refractivity contribution is 8.02. The number of aromatic nitrogens is 1. The van der Waals surface area contributed by atoms with Crippen molar-refractivity contribution in [2.45, 2.75) is 53.4 Å². The minimum Gasteiger partial charge on any atom is -0.304 e. The fraction of sp³-hybridized carbons (Fsp3) is 0.583. The molecule has 0 bridgehead atoms. The van der Waals surface area contributed by atoms with Crippen molar-refractivity contribution in [3.8, 4) is 0 Å². The number of allylic oxidation sites excluding steroid dienone is 2. The third-order valence-corrected chi connectivity index (χ3v) is 6.06. The topological polar surface area (TPSA) is 74.0 Å². The summed E-state index contributed by atoms with van der Waals surface area (Å²) in [5.74, 6) is 1.21. The molecule has 0 atom stereocenters. The summed E-state index contributed by atoms with van der Waals surface area (Å²) in [6.45, 7) is 19.6. The SMILES string of the molecule is C1CNCNC1.C=NCS/C=C(\N=C)c1csc(/C(=C/CC)C(=NCC)C2CC2)n1.CC. The Kier molecular flexibility index (Phi) is 15.9. The Labute approximate surface area is 202 Å². The predicted molar refractivity (Wildman–Crippen MR) is 147 cm³/mol. The van der Waals surface area contributed by atoms with Gasteiger partial charge in [-0.05, 0) is 59.1 Å². The zero-order chi connectivity index (χ0) is 23.6. The van der Waals surface area contributed by atoms with Crippen LogP contribution in [0.25, 0.3) is 11.3 Å². The second kappa shape index (κ2) is 17.9. The quantitative estimate of drug-likeness (QED) is 0.333. The zero-order valence-electron chi connectivity index (χ0n) is 20.2. The summed E-state index contributed by atoms with van der Waals surface area (Å²) in [5, 5.41) is 11.3. The first kappa shape index (κ1) is 28.4. The van der Waals surface area contributed by atoms with Crippen LogP contribution < -0.4 is 10.6 Å².